The highest BCUT2D eigenvalue weighted by atomic mass is 16.1. The fourth-order valence-corrected chi connectivity index (χ4v) is 4.58. The van der Waals surface area contributed by atoms with Gasteiger partial charge in [-0.25, -0.2) is 0 Å². The molecule has 3 aliphatic rings. The third-order valence-corrected chi connectivity index (χ3v) is 5.85. The summed E-state index contributed by atoms with van der Waals surface area (Å²) in [6.45, 7) is 0. The van der Waals surface area contributed by atoms with Crippen LogP contribution < -0.4 is 5.73 Å². The number of hydrogen-bond acceptors (Lipinski definition) is 2. The first-order valence-corrected chi connectivity index (χ1v) is 9.00. The average molecular weight is 307 g/mol. The van der Waals surface area contributed by atoms with Crippen molar-refractivity contribution < 1.29 is 4.79 Å². The summed E-state index contributed by atoms with van der Waals surface area (Å²) in [5.41, 5.74) is 11.7. The maximum absolute atomic E-state index is 12.7. The Balaban J connectivity index is 1.43. The van der Waals surface area contributed by atoms with Gasteiger partial charge in [-0.3, -0.25) is 4.79 Å². The molecule has 2 nitrogen and oxygen atoms in total. The van der Waals surface area contributed by atoms with Crippen LogP contribution in [0.25, 0.3) is 5.57 Å². The van der Waals surface area contributed by atoms with E-state index in [0.717, 1.165) is 19.3 Å². The van der Waals surface area contributed by atoms with Gasteiger partial charge < -0.3 is 5.73 Å². The van der Waals surface area contributed by atoms with Crippen LogP contribution in [-0.2, 0) is 11.2 Å². The summed E-state index contributed by atoms with van der Waals surface area (Å²) in [5, 5.41) is 0. The molecule has 0 aromatic heterocycles. The quantitative estimate of drug-likeness (QED) is 0.912. The van der Waals surface area contributed by atoms with Crippen molar-refractivity contribution in [3.63, 3.8) is 0 Å². The molecular formula is C21H25NO. The largest absolute Gasteiger partial charge is 0.321 e. The number of rotatable bonds is 4. The lowest BCUT2D eigenvalue weighted by molar-refractivity contribution is -0.123. The second-order valence-electron chi connectivity index (χ2n) is 7.42. The molecule has 0 aliphatic heterocycles. The number of benzene rings is 1. The Morgan fingerprint density at radius 3 is 2.83 bits per heavy atom. The van der Waals surface area contributed by atoms with Crippen LogP contribution >= 0.6 is 0 Å². The van der Waals surface area contributed by atoms with E-state index in [2.05, 4.69) is 36.4 Å². The molecule has 0 amide bonds. The predicted molar refractivity (Wildman–Crippen MR) is 93.9 cm³/mol. The number of nitrogens with two attached hydrogens (primary N) is 1. The van der Waals surface area contributed by atoms with Crippen LogP contribution in [0.3, 0.4) is 0 Å². The van der Waals surface area contributed by atoms with Gasteiger partial charge in [0, 0.05) is 5.92 Å². The van der Waals surface area contributed by atoms with Crippen LogP contribution in [0.2, 0.25) is 0 Å². The highest BCUT2D eigenvalue weighted by molar-refractivity contribution is 5.92. The van der Waals surface area contributed by atoms with E-state index in [1.54, 1.807) is 0 Å². The minimum Gasteiger partial charge on any atom is -0.321 e. The zero-order chi connectivity index (χ0) is 15.8. The van der Waals surface area contributed by atoms with E-state index in [4.69, 9.17) is 5.73 Å². The van der Waals surface area contributed by atoms with E-state index < -0.39 is 0 Å². The standard InChI is InChI=1S/C21H25NO/c22-20(11-14-5-1-2-6-14)21(23)16-9-10-19-17(13-16)12-15-7-3-4-8-18(15)19/h3-4,7-10,14,16,20H,1-2,5-6,11-13,22H2. The molecule has 120 valence electrons. The average Bonchev–Trinajstić information content (AvgIpc) is 3.20. The molecule has 0 radical (unpaired) electrons. The minimum absolute atomic E-state index is 0.0144. The van der Waals surface area contributed by atoms with E-state index in [9.17, 15) is 4.79 Å². The topological polar surface area (TPSA) is 43.1 Å². The molecule has 2 N–H and O–H groups in total. The van der Waals surface area contributed by atoms with Gasteiger partial charge in [0.05, 0.1) is 6.04 Å². The number of fused-ring (bicyclic) bond motifs is 2. The van der Waals surface area contributed by atoms with Gasteiger partial charge in [0.25, 0.3) is 0 Å². The second-order valence-corrected chi connectivity index (χ2v) is 7.42. The molecule has 4 rings (SSSR count). The maximum atomic E-state index is 12.7. The normalized spacial score (nSPS) is 24.7. The number of allylic oxidation sites excluding steroid dienone is 4. The molecule has 0 spiro atoms. The predicted octanol–water partition coefficient (Wildman–Crippen LogP) is 4.05. The van der Waals surface area contributed by atoms with Crippen molar-refractivity contribution in [3.8, 4) is 0 Å². The van der Waals surface area contributed by atoms with E-state index in [1.807, 2.05) is 0 Å². The van der Waals surface area contributed by atoms with Gasteiger partial charge in [0.2, 0.25) is 0 Å². The highest BCUT2D eigenvalue weighted by Crippen LogP contribution is 2.40. The van der Waals surface area contributed by atoms with Crippen LogP contribution in [-0.4, -0.2) is 11.8 Å². The fourth-order valence-electron chi connectivity index (χ4n) is 4.58. The summed E-state index contributed by atoms with van der Waals surface area (Å²) in [6, 6.07) is 8.30. The number of carbonyl (C=O) groups is 1. The van der Waals surface area contributed by atoms with Crippen molar-refractivity contribution >= 4 is 11.4 Å². The van der Waals surface area contributed by atoms with Crippen molar-refractivity contribution in [3.05, 3.63) is 53.1 Å². The van der Waals surface area contributed by atoms with Crippen molar-refractivity contribution in [2.45, 2.75) is 51.0 Å². The SMILES string of the molecule is NC(CC1CCCC1)C(=O)C1C=CC2=C(Cc3ccccc32)C1. The van der Waals surface area contributed by atoms with Crippen LogP contribution in [0, 0.1) is 11.8 Å². The number of ketones is 1. The Morgan fingerprint density at radius 2 is 2.00 bits per heavy atom. The molecule has 2 heteroatoms. The highest BCUT2D eigenvalue weighted by Gasteiger charge is 2.31. The summed E-state index contributed by atoms with van der Waals surface area (Å²) in [4.78, 5) is 12.7. The van der Waals surface area contributed by atoms with Gasteiger partial charge >= 0.3 is 0 Å². The second kappa shape index (κ2) is 6.09. The maximum Gasteiger partial charge on any atom is 0.156 e. The van der Waals surface area contributed by atoms with Crippen molar-refractivity contribution in [1.29, 1.82) is 0 Å². The summed E-state index contributed by atoms with van der Waals surface area (Å²) < 4.78 is 0. The smallest absolute Gasteiger partial charge is 0.156 e. The Morgan fingerprint density at radius 1 is 1.22 bits per heavy atom. The van der Waals surface area contributed by atoms with Gasteiger partial charge in [0.15, 0.2) is 5.78 Å². The molecule has 1 saturated carbocycles. The lowest BCUT2D eigenvalue weighted by Gasteiger charge is -2.22. The minimum atomic E-state index is -0.279. The molecule has 2 atom stereocenters. The van der Waals surface area contributed by atoms with Crippen LogP contribution in [0.15, 0.2) is 42.0 Å². The number of Topliss-reactive ketones (excluding diaryl/α,β-unsaturated/α-hetero) is 1. The monoisotopic (exact) mass is 307 g/mol. The molecule has 3 aliphatic carbocycles. The van der Waals surface area contributed by atoms with Crippen molar-refractivity contribution in [2.24, 2.45) is 17.6 Å². The van der Waals surface area contributed by atoms with Gasteiger partial charge in [-0.1, -0.05) is 67.7 Å². The Labute approximate surface area is 138 Å². The van der Waals surface area contributed by atoms with Gasteiger partial charge in [-0.15, -0.1) is 0 Å². The summed E-state index contributed by atoms with van der Waals surface area (Å²) >= 11 is 0. The van der Waals surface area contributed by atoms with Gasteiger partial charge in [-0.05, 0) is 41.9 Å². The molecular weight excluding hydrogens is 282 g/mol. The number of carbonyl (C=O) groups excluding carboxylic acids is 1. The van der Waals surface area contributed by atoms with Gasteiger partial charge in [-0.2, -0.15) is 0 Å². The molecule has 2 unspecified atom stereocenters. The molecule has 1 aromatic carbocycles. The zero-order valence-electron chi connectivity index (χ0n) is 13.6. The Kier molecular flexibility index (Phi) is 3.94. The van der Waals surface area contributed by atoms with Crippen molar-refractivity contribution in [2.75, 3.05) is 0 Å². The Bertz CT molecular complexity index is 679. The first-order valence-electron chi connectivity index (χ1n) is 9.00. The van der Waals surface area contributed by atoms with E-state index in [1.165, 1.54) is 48.0 Å². The lowest BCUT2D eigenvalue weighted by Crippen LogP contribution is -2.37. The summed E-state index contributed by atoms with van der Waals surface area (Å²) in [7, 11) is 0. The summed E-state index contributed by atoms with van der Waals surface area (Å²) in [6.07, 6.45) is 12.1. The van der Waals surface area contributed by atoms with E-state index in [0.29, 0.717) is 5.92 Å². The summed E-state index contributed by atoms with van der Waals surface area (Å²) in [5.74, 6) is 0.905. The molecule has 1 aromatic rings. The van der Waals surface area contributed by atoms with Crippen LogP contribution in [0.5, 0.6) is 0 Å². The zero-order valence-corrected chi connectivity index (χ0v) is 13.6. The van der Waals surface area contributed by atoms with Gasteiger partial charge in [0.1, 0.15) is 0 Å². The van der Waals surface area contributed by atoms with Crippen LogP contribution in [0.4, 0.5) is 0 Å². The first-order chi connectivity index (χ1) is 11.2. The molecule has 0 heterocycles. The van der Waals surface area contributed by atoms with E-state index >= 15 is 0 Å². The van der Waals surface area contributed by atoms with Crippen molar-refractivity contribution in [1.82, 2.24) is 0 Å². The third-order valence-electron chi connectivity index (χ3n) is 5.85. The number of hydrogen-bond donors (Lipinski definition) is 1. The Hall–Kier alpha value is -1.67. The first kappa shape index (κ1) is 14.9. The molecule has 23 heavy (non-hydrogen) atoms. The van der Waals surface area contributed by atoms with Crippen LogP contribution in [0.1, 0.15) is 49.7 Å². The third kappa shape index (κ3) is 2.81. The molecule has 0 saturated heterocycles. The fraction of sp³-hybridized carbons (Fsp3) is 0.476. The molecule has 0 bridgehead atoms. The lowest BCUT2D eigenvalue weighted by atomic mass is 9.83. The molecule has 1 fully saturated rings. The van der Waals surface area contributed by atoms with E-state index in [-0.39, 0.29) is 17.7 Å².